The molecule has 106 valence electrons. The molecule has 0 spiro atoms. The van der Waals surface area contributed by atoms with E-state index >= 15 is 0 Å². The van der Waals surface area contributed by atoms with Gasteiger partial charge < -0.3 is 5.32 Å². The highest BCUT2D eigenvalue weighted by Crippen LogP contribution is 2.26. The smallest absolute Gasteiger partial charge is 0.231 e. The van der Waals surface area contributed by atoms with Crippen LogP contribution in [0.25, 0.3) is 0 Å². The van der Waals surface area contributed by atoms with Gasteiger partial charge in [-0.25, -0.2) is 0 Å². The number of benzene rings is 1. The molecule has 0 bridgehead atoms. The van der Waals surface area contributed by atoms with Gasteiger partial charge in [0.1, 0.15) is 6.04 Å². The van der Waals surface area contributed by atoms with Gasteiger partial charge >= 0.3 is 0 Å². The second-order valence-corrected chi connectivity index (χ2v) is 6.22. The van der Waals surface area contributed by atoms with Gasteiger partial charge in [-0.3, -0.25) is 4.79 Å². The molecule has 1 aromatic rings. The Hall–Kier alpha value is -1.47. The van der Waals surface area contributed by atoms with Crippen molar-refractivity contribution in [3.63, 3.8) is 0 Å². The van der Waals surface area contributed by atoms with Crippen LogP contribution in [0.15, 0.2) is 35.2 Å². The van der Waals surface area contributed by atoms with Gasteiger partial charge in [0.25, 0.3) is 0 Å². The molecule has 4 heteroatoms. The molecule has 1 unspecified atom stereocenters. The Balaban J connectivity index is 1.79. The summed E-state index contributed by atoms with van der Waals surface area (Å²) in [6, 6.07) is 11.8. The summed E-state index contributed by atoms with van der Waals surface area (Å²) in [5, 5.41) is 12.1. The van der Waals surface area contributed by atoms with E-state index in [1.54, 1.807) is 0 Å². The number of thioether (sulfide) groups is 1. The second-order valence-electron chi connectivity index (χ2n) is 5.17. The van der Waals surface area contributed by atoms with E-state index in [1.165, 1.54) is 31.0 Å². The molecule has 20 heavy (non-hydrogen) atoms. The maximum Gasteiger partial charge on any atom is 0.231 e. The Morgan fingerprint density at radius 2 is 2.00 bits per heavy atom. The van der Waals surface area contributed by atoms with E-state index in [0.717, 1.165) is 17.7 Å². The Labute approximate surface area is 124 Å². The predicted octanol–water partition coefficient (Wildman–Crippen LogP) is 3.37. The molecule has 1 aliphatic carbocycles. The van der Waals surface area contributed by atoms with Crippen LogP contribution in [-0.4, -0.2) is 17.7 Å². The molecule has 1 saturated carbocycles. The van der Waals surface area contributed by atoms with Crippen molar-refractivity contribution in [2.75, 3.05) is 5.75 Å². The van der Waals surface area contributed by atoms with Gasteiger partial charge in [0.05, 0.1) is 11.8 Å². The number of amides is 1. The number of nitrogens with zero attached hydrogens (tertiary/aromatic N) is 1. The molecule has 1 aliphatic rings. The Morgan fingerprint density at radius 3 is 2.65 bits per heavy atom. The molecule has 1 atom stereocenters. The fourth-order valence-electron chi connectivity index (χ4n) is 2.60. The van der Waals surface area contributed by atoms with Crippen molar-refractivity contribution in [2.24, 2.45) is 5.92 Å². The molecule has 2 rings (SSSR count). The van der Waals surface area contributed by atoms with Crippen LogP contribution in [0.3, 0.4) is 0 Å². The van der Waals surface area contributed by atoms with Crippen LogP contribution in [0, 0.1) is 17.2 Å². The average molecular weight is 288 g/mol. The second kappa shape index (κ2) is 7.96. The number of rotatable bonds is 5. The lowest BCUT2D eigenvalue weighted by Crippen LogP contribution is -2.40. The van der Waals surface area contributed by atoms with Crippen molar-refractivity contribution in [2.45, 2.75) is 43.0 Å². The van der Waals surface area contributed by atoms with Crippen LogP contribution in [0.5, 0.6) is 0 Å². The lowest BCUT2D eigenvalue weighted by atomic mass is 9.84. The third-order valence-corrected chi connectivity index (χ3v) is 4.70. The average Bonchev–Trinajstić information content (AvgIpc) is 2.52. The van der Waals surface area contributed by atoms with Crippen molar-refractivity contribution in [3.05, 3.63) is 30.3 Å². The van der Waals surface area contributed by atoms with Crippen molar-refractivity contribution in [1.82, 2.24) is 5.32 Å². The molecule has 1 amide bonds. The molecular weight excluding hydrogens is 268 g/mol. The topological polar surface area (TPSA) is 52.9 Å². The third kappa shape index (κ3) is 4.57. The van der Waals surface area contributed by atoms with Crippen LogP contribution in [0.2, 0.25) is 0 Å². The number of nitrogens with one attached hydrogen (secondary N) is 1. The first kappa shape index (κ1) is 14.9. The molecule has 0 radical (unpaired) electrons. The van der Waals surface area contributed by atoms with Crippen LogP contribution < -0.4 is 5.32 Å². The van der Waals surface area contributed by atoms with E-state index in [0.29, 0.717) is 11.7 Å². The van der Waals surface area contributed by atoms with E-state index < -0.39 is 0 Å². The largest absolute Gasteiger partial charge is 0.339 e. The van der Waals surface area contributed by atoms with Crippen LogP contribution in [-0.2, 0) is 4.79 Å². The van der Waals surface area contributed by atoms with Gasteiger partial charge in [-0.15, -0.1) is 11.8 Å². The maximum absolute atomic E-state index is 11.9. The SMILES string of the molecule is N#CC(NC(=O)CSc1ccccc1)C1CCCCC1. The fourth-order valence-corrected chi connectivity index (χ4v) is 3.33. The Kier molecular flexibility index (Phi) is 5.94. The zero-order valence-electron chi connectivity index (χ0n) is 11.5. The number of carbonyl (C=O) groups excluding carboxylic acids is 1. The summed E-state index contributed by atoms with van der Waals surface area (Å²) in [6.45, 7) is 0. The summed E-state index contributed by atoms with van der Waals surface area (Å²) in [7, 11) is 0. The minimum Gasteiger partial charge on any atom is -0.339 e. The van der Waals surface area contributed by atoms with Crippen LogP contribution in [0.1, 0.15) is 32.1 Å². The van der Waals surface area contributed by atoms with Crippen LogP contribution >= 0.6 is 11.8 Å². The number of hydrogen-bond donors (Lipinski definition) is 1. The molecule has 1 fully saturated rings. The zero-order valence-corrected chi connectivity index (χ0v) is 12.4. The monoisotopic (exact) mass is 288 g/mol. The van der Waals surface area contributed by atoms with Crippen LogP contribution in [0.4, 0.5) is 0 Å². The van der Waals surface area contributed by atoms with Gasteiger partial charge in [-0.2, -0.15) is 5.26 Å². The highest BCUT2D eigenvalue weighted by atomic mass is 32.2. The minimum atomic E-state index is -0.320. The minimum absolute atomic E-state index is 0.0454. The lowest BCUT2D eigenvalue weighted by molar-refractivity contribution is -0.119. The first-order valence-electron chi connectivity index (χ1n) is 7.16. The quantitative estimate of drug-likeness (QED) is 0.845. The van der Waals surface area contributed by atoms with Gasteiger partial charge in [-0.05, 0) is 30.9 Å². The van der Waals surface area contributed by atoms with Gasteiger partial charge in [0.2, 0.25) is 5.91 Å². The zero-order chi connectivity index (χ0) is 14.2. The molecule has 0 saturated heterocycles. The highest BCUT2D eigenvalue weighted by molar-refractivity contribution is 8.00. The first-order valence-corrected chi connectivity index (χ1v) is 8.15. The van der Waals surface area contributed by atoms with E-state index in [2.05, 4.69) is 11.4 Å². The summed E-state index contributed by atoms with van der Waals surface area (Å²) >= 11 is 1.51. The summed E-state index contributed by atoms with van der Waals surface area (Å²) < 4.78 is 0. The molecule has 1 aromatic carbocycles. The van der Waals surface area contributed by atoms with Gasteiger partial charge in [-0.1, -0.05) is 37.5 Å². The molecule has 3 nitrogen and oxygen atoms in total. The van der Waals surface area contributed by atoms with Crippen molar-refractivity contribution >= 4 is 17.7 Å². The van der Waals surface area contributed by atoms with Crippen molar-refractivity contribution < 1.29 is 4.79 Å². The van der Waals surface area contributed by atoms with Crippen molar-refractivity contribution in [1.29, 1.82) is 5.26 Å². The molecule has 0 heterocycles. The number of hydrogen-bond acceptors (Lipinski definition) is 3. The van der Waals surface area contributed by atoms with Gasteiger partial charge in [0.15, 0.2) is 0 Å². The Morgan fingerprint density at radius 1 is 1.30 bits per heavy atom. The summed E-state index contributed by atoms with van der Waals surface area (Å²) in [5.41, 5.74) is 0. The molecule has 0 aliphatic heterocycles. The van der Waals surface area contributed by atoms with E-state index in [-0.39, 0.29) is 11.9 Å². The van der Waals surface area contributed by atoms with Gasteiger partial charge in [0, 0.05) is 4.90 Å². The standard InChI is InChI=1S/C16H20N2OS/c17-11-15(13-7-3-1-4-8-13)18-16(19)12-20-14-9-5-2-6-10-14/h2,5-6,9-10,13,15H,1,3-4,7-8,12H2,(H,18,19). The summed E-state index contributed by atoms with van der Waals surface area (Å²) in [6.07, 6.45) is 5.73. The van der Waals surface area contributed by atoms with E-state index in [1.807, 2.05) is 30.3 Å². The van der Waals surface area contributed by atoms with Crippen molar-refractivity contribution in [3.8, 4) is 6.07 Å². The molecule has 0 aromatic heterocycles. The first-order chi connectivity index (χ1) is 9.79. The molecule has 1 N–H and O–H groups in total. The Bertz CT molecular complexity index is 463. The predicted molar refractivity (Wildman–Crippen MR) is 81.3 cm³/mol. The summed E-state index contributed by atoms with van der Waals surface area (Å²) in [5.74, 6) is 0.657. The highest BCUT2D eigenvalue weighted by Gasteiger charge is 2.24. The van der Waals surface area contributed by atoms with E-state index in [9.17, 15) is 10.1 Å². The molecular formula is C16H20N2OS. The lowest BCUT2D eigenvalue weighted by Gasteiger charge is -2.26. The van der Waals surface area contributed by atoms with E-state index in [4.69, 9.17) is 0 Å². The third-order valence-electron chi connectivity index (χ3n) is 3.69. The number of nitriles is 1. The normalized spacial score (nSPS) is 17.1. The fraction of sp³-hybridized carbons (Fsp3) is 0.500. The number of carbonyl (C=O) groups is 1. The summed E-state index contributed by atoms with van der Waals surface area (Å²) in [4.78, 5) is 13.0. The maximum atomic E-state index is 11.9.